The Labute approximate surface area is 103 Å². The van der Waals surface area contributed by atoms with Crippen LogP contribution in [0, 0.1) is 0 Å². The maximum absolute atomic E-state index is 11.3. The number of nitrogens with one attached hydrogen (secondary N) is 4. The molecule has 0 amide bonds. The third-order valence-corrected chi connectivity index (χ3v) is 2.75. The van der Waals surface area contributed by atoms with Gasteiger partial charge < -0.3 is 15.4 Å². The van der Waals surface area contributed by atoms with E-state index in [1.807, 2.05) is 0 Å². The summed E-state index contributed by atoms with van der Waals surface area (Å²) in [6, 6.07) is 0. The van der Waals surface area contributed by atoms with E-state index in [1.54, 1.807) is 0 Å². The predicted molar refractivity (Wildman–Crippen MR) is 65.8 cm³/mol. The molecular weight excluding hydrogens is 238 g/mol. The molecule has 0 saturated carbocycles. The number of H-pyrrole nitrogens is 2. The van der Waals surface area contributed by atoms with E-state index in [-0.39, 0.29) is 11.9 Å². The van der Waals surface area contributed by atoms with Crippen LogP contribution in [-0.4, -0.2) is 47.5 Å². The first-order valence-electron chi connectivity index (χ1n) is 6.01. The number of ether oxygens (including phenoxy) is 1. The maximum atomic E-state index is 11.3. The summed E-state index contributed by atoms with van der Waals surface area (Å²) >= 11 is 0. The van der Waals surface area contributed by atoms with Crippen LogP contribution < -0.4 is 21.9 Å². The Bertz CT molecular complexity index is 477. The van der Waals surface area contributed by atoms with Crippen LogP contribution in [-0.2, 0) is 4.74 Å². The smallest absolute Gasteiger partial charge is 0.342 e. The van der Waals surface area contributed by atoms with E-state index in [1.165, 1.54) is 0 Å². The molecule has 4 N–H and O–H groups in total. The molecule has 2 rings (SSSR count). The molecule has 0 unspecified atom stereocenters. The molecule has 2 heterocycles. The molecule has 8 heteroatoms. The third kappa shape index (κ3) is 3.67. The fourth-order valence-corrected chi connectivity index (χ4v) is 1.82. The van der Waals surface area contributed by atoms with Gasteiger partial charge in [-0.1, -0.05) is 0 Å². The Hall–Kier alpha value is -1.67. The SMILES string of the molecule is O=c1[nH]nc(NCCOC2CCNCC2)c(=O)[nH]1. The van der Waals surface area contributed by atoms with Crippen molar-refractivity contribution in [1.82, 2.24) is 20.5 Å². The van der Waals surface area contributed by atoms with Gasteiger partial charge in [-0.3, -0.25) is 9.78 Å². The van der Waals surface area contributed by atoms with Gasteiger partial charge in [0, 0.05) is 6.54 Å². The van der Waals surface area contributed by atoms with E-state index >= 15 is 0 Å². The zero-order valence-corrected chi connectivity index (χ0v) is 9.99. The topological polar surface area (TPSA) is 112 Å². The highest BCUT2D eigenvalue weighted by molar-refractivity contribution is 5.28. The molecule has 1 aliphatic heterocycles. The standard InChI is InChI=1S/C10H17N5O3/c16-9-8(14-15-10(17)13-9)12-5-6-18-7-1-3-11-4-2-7/h7,11H,1-6H2,(H,12,14)(H2,13,15,16,17). The van der Waals surface area contributed by atoms with Gasteiger partial charge >= 0.3 is 5.69 Å². The zero-order valence-electron chi connectivity index (χ0n) is 9.99. The maximum Gasteiger partial charge on any atom is 0.342 e. The molecular formula is C10H17N5O3. The van der Waals surface area contributed by atoms with Crippen LogP contribution in [0.2, 0.25) is 0 Å². The molecule has 1 aromatic rings. The minimum Gasteiger partial charge on any atom is -0.376 e. The van der Waals surface area contributed by atoms with E-state index in [2.05, 4.69) is 25.8 Å². The van der Waals surface area contributed by atoms with Crippen molar-refractivity contribution in [3.05, 3.63) is 20.8 Å². The molecule has 0 spiro atoms. The second kappa shape index (κ2) is 6.31. The molecule has 1 fully saturated rings. The Morgan fingerprint density at radius 1 is 1.33 bits per heavy atom. The lowest BCUT2D eigenvalue weighted by atomic mass is 10.1. The van der Waals surface area contributed by atoms with Crippen molar-refractivity contribution in [3.63, 3.8) is 0 Å². The third-order valence-electron chi connectivity index (χ3n) is 2.75. The second-order valence-electron chi connectivity index (χ2n) is 4.10. The van der Waals surface area contributed by atoms with E-state index in [0.717, 1.165) is 25.9 Å². The first kappa shape index (κ1) is 12.8. The number of hydrogen-bond acceptors (Lipinski definition) is 6. The Morgan fingerprint density at radius 2 is 2.11 bits per heavy atom. The summed E-state index contributed by atoms with van der Waals surface area (Å²) in [4.78, 5) is 24.1. The second-order valence-corrected chi connectivity index (χ2v) is 4.10. The molecule has 0 atom stereocenters. The van der Waals surface area contributed by atoms with Crippen LogP contribution in [0.4, 0.5) is 5.82 Å². The van der Waals surface area contributed by atoms with Crippen LogP contribution in [0.15, 0.2) is 9.59 Å². The van der Waals surface area contributed by atoms with Crippen LogP contribution in [0.5, 0.6) is 0 Å². The summed E-state index contributed by atoms with van der Waals surface area (Å²) in [6.07, 6.45) is 2.31. The highest BCUT2D eigenvalue weighted by Crippen LogP contribution is 2.06. The predicted octanol–water partition coefficient (Wildman–Crippen LogP) is -1.36. The van der Waals surface area contributed by atoms with Gasteiger partial charge in [0.1, 0.15) is 0 Å². The first-order chi connectivity index (χ1) is 8.75. The lowest BCUT2D eigenvalue weighted by Gasteiger charge is -2.22. The number of piperidine rings is 1. The molecule has 1 saturated heterocycles. The summed E-state index contributed by atoms with van der Waals surface area (Å²) in [5.74, 6) is 0.100. The van der Waals surface area contributed by atoms with Gasteiger partial charge in [-0.25, -0.2) is 9.89 Å². The van der Waals surface area contributed by atoms with Crippen molar-refractivity contribution < 1.29 is 4.74 Å². The average Bonchev–Trinajstić information content (AvgIpc) is 2.38. The van der Waals surface area contributed by atoms with Crippen LogP contribution in [0.25, 0.3) is 0 Å². The lowest BCUT2D eigenvalue weighted by molar-refractivity contribution is 0.0394. The number of hydrogen-bond donors (Lipinski definition) is 4. The van der Waals surface area contributed by atoms with Crippen molar-refractivity contribution >= 4 is 5.82 Å². The normalized spacial score (nSPS) is 16.7. The molecule has 1 aromatic heterocycles. The molecule has 0 radical (unpaired) electrons. The highest BCUT2D eigenvalue weighted by atomic mass is 16.5. The van der Waals surface area contributed by atoms with Gasteiger partial charge in [0.15, 0.2) is 0 Å². The van der Waals surface area contributed by atoms with Crippen molar-refractivity contribution in [2.75, 3.05) is 31.6 Å². The minimum atomic E-state index is -0.614. The fraction of sp³-hybridized carbons (Fsp3) is 0.700. The van der Waals surface area contributed by atoms with Gasteiger partial charge in [0.25, 0.3) is 5.56 Å². The number of aromatic amines is 2. The number of anilines is 1. The average molecular weight is 255 g/mol. The Kier molecular flexibility index (Phi) is 4.48. The van der Waals surface area contributed by atoms with Crippen molar-refractivity contribution in [2.24, 2.45) is 0 Å². The number of aromatic nitrogens is 3. The molecule has 1 aliphatic rings. The summed E-state index contributed by atoms with van der Waals surface area (Å²) in [5.41, 5.74) is -1.14. The summed E-state index contributed by atoms with van der Waals surface area (Å²) in [5, 5.41) is 11.8. The van der Waals surface area contributed by atoms with Crippen LogP contribution >= 0.6 is 0 Å². The molecule has 0 bridgehead atoms. The molecule has 100 valence electrons. The first-order valence-corrected chi connectivity index (χ1v) is 6.01. The number of nitrogens with zero attached hydrogens (tertiary/aromatic N) is 1. The van der Waals surface area contributed by atoms with Gasteiger partial charge in [-0.05, 0) is 25.9 Å². The summed E-state index contributed by atoms with van der Waals surface area (Å²) in [6.45, 7) is 2.95. The van der Waals surface area contributed by atoms with Crippen LogP contribution in [0.3, 0.4) is 0 Å². The Balaban J connectivity index is 1.71. The van der Waals surface area contributed by atoms with E-state index < -0.39 is 11.2 Å². The Morgan fingerprint density at radius 3 is 2.83 bits per heavy atom. The van der Waals surface area contributed by atoms with Gasteiger partial charge in [0.05, 0.1) is 12.7 Å². The summed E-state index contributed by atoms with van der Waals surface area (Å²) in [7, 11) is 0. The van der Waals surface area contributed by atoms with E-state index in [0.29, 0.717) is 13.2 Å². The van der Waals surface area contributed by atoms with Gasteiger partial charge in [-0.15, -0.1) is 5.10 Å². The van der Waals surface area contributed by atoms with Crippen LogP contribution in [0.1, 0.15) is 12.8 Å². The number of rotatable bonds is 5. The summed E-state index contributed by atoms with van der Waals surface area (Å²) < 4.78 is 5.65. The molecule has 8 nitrogen and oxygen atoms in total. The van der Waals surface area contributed by atoms with Gasteiger partial charge in [0.2, 0.25) is 5.82 Å². The molecule has 0 aliphatic carbocycles. The largest absolute Gasteiger partial charge is 0.376 e. The van der Waals surface area contributed by atoms with E-state index in [4.69, 9.17) is 4.74 Å². The zero-order chi connectivity index (χ0) is 12.8. The quantitative estimate of drug-likeness (QED) is 0.483. The van der Waals surface area contributed by atoms with Crippen molar-refractivity contribution in [2.45, 2.75) is 18.9 Å². The highest BCUT2D eigenvalue weighted by Gasteiger charge is 2.12. The fourth-order valence-electron chi connectivity index (χ4n) is 1.82. The molecule has 0 aromatic carbocycles. The van der Waals surface area contributed by atoms with Crippen molar-refractivity contribution in [1.29, 1.82) is 0 Å². The minimum absolute atomic E-state index is 0.100. The van der Waals surface area contributed by atoms with E-state index in [9.17, 15) is 9.59 Å². The van der Waals surface area contributed by atoms with Gasteiger partial charge in [-0.2, -0.15) is 0 Å². The van der Waals surface area contributed by atoms with Crippen molar-refractivity contribution in [3.8, 4) is 0 Å². The lowest BCUT2D eigenvalue weighted by Crippen LogP contribution is -2.33. The monoisotopic (exact) mass is 255 g/mol. The molecule has 18 heavy (non-hydrogen) atoms.